The van der Waals surface area contributed by atoms with E-state index in [9.17, 15) is 0 Å². The topological polar surface area (TPSA) is 73.1 Å². The molecule has 5 heteroatoms. The van der Waals surface area contributed by atoms with Gasteiger partial charge in [-0.25, -0.2) is 9.97 Å². The van der Waals surface area contributed by atoms with Gasteiger partial charge in [0.05, 0.1) is 17.6 Å². The van der Waals surface area contributed by atoms with Crippen LogP contribution in [0.15, 0.2) is 24.3 Å². The zero-order chi connectivity index (χ0) is 13.8. The third kappa shape index (κ3) is 2.99. The maximum absolute atomic E-state index is 5.89. The lowest BCUT2D eigenvalue weighted by atomic mass is 10.0. The first-order chi connectivity index (χ1) is 9.83. The molecule has 3 rings (SSSR count). The van der Waals surface area contributed by atoms with Crippen LogP contribution in [0.3, 0.4) is 0 Å². The maximum Gasteiger partial charge on any atom is 0.257 e. The number of nitrogens with two attached hydrogens (primary N) is 1. The molecule has 1 aromatic heterocycles. The van der Waals surface area contributed by atoms with E-state index in [-0.39, 0.29) is 0 Å². The third-order valence-corrected chi connectivity index (χ3v) is 3.68. The number of nitrogens with one attached hydrogen (secondary N) is 1. The number of aromatic nitrogens is 2. The SMILES string of the molecule is Nc1nc2ccccc2nc1OCCC1CCCCN1. The minimum atomic E-state index is 0.361. The highest BCUT2D eigenvalue weighted by Gasteiger charge is 2.13. The smallest absolute Gasteiger partial charge is 0.257 e. The highest BCUT2D eigenvalue weighted by atomic mass is 16.5. The van der Waals surface area contributed by atoms with Crippen molar-refractivity contribution in [3.8, 4) is 5.88 Å². The van der Waals surface area contributed by atoms with Gasteiger partial charge in [-0.1, -0.05) is 18.6 Å². The molecule has 1 fully saturated rings. The maximum atomic E-state index is 5.89. The summed E-state index contributed by atoms with van der Waals surface area (Å²) in [4.78, 5) is 8.74. The van der Waals surface area contributed by atoms with E-state index in [2.05, 4.69) is 15.3 Å². The van der Waals surface area contributed by atoms with Gasteiger partial charge in [0.1, 0.15) is 0 Å². The first-order valence-electron chi connectivity index (χ1n) is 7.21. The van der Waals surface area contributed by atoms with Crippen LogP contribution < -0.4 is 15.8 Å². The van der Waals surface area contributed by atoms with Gasteiger partial charge in [0, 0.05) is 6.04 Å². The summed E-state index contributed by atoms with van der Waals surface area (Å²) >= 11 is 0. The Morgan fingerprint density at radius 3 is 2.75 bits per heavy atom. The van der Waals surface area contributed by atoms with Gasteiger partial charge in [0.15, 0.2) is 5.82 Å². The molecule has 1 aromatic carbocycles. The summed E-state index contributed by atoms with van der Waals surface area (Å²) in [7, 11) is 0. The largest absolute Gasteiger partial charge is 0.475 e. The quantitative estimate of drug-likeness (QED) is 0.892. The first kappa shape index (κ1) is 13.1. The number of piperidine rings is 1. The van der Waals surface area contributed by atoms with Crippen molar-refractivity contribution >= 4 is 16.9 Å². The zero-order valence-corrected chi connectivity index (χ0v) is 11.5. The van der Waals surface area contributed by atoms with Crippen molar-refractivity contribution in [1.82, 2.24) is 15.3 Å². The standard InChI is InChI=1S/C15H20N4O/c16-14-15(19-13-7-2-1-6-12(13)18-14)20-10-8-11-5-3-4-9-17-11/h1-2,6-7,11,17H,3-5,8-10H2,(H2,16,18). The highest BCUT2D eigenvalue weighted by Crippen LogP contribution is 2.21. The second-order valence-electron chi connectivity index (χ2n) is 5.19. The predicted molar refractivity (Wildman–Crippen MR) is 79.7 cm³/mol. The fourth-order valence-corrected chi connectivity index (χ4v) is 2.57. The molecule has 1 aliphatic heterocycles. The number of nitrogens with zero attached hydrogens (tertiary/aromatic N) is 2. The van der Waals surface area contributed by atoms with Crippen LogP contribution in [0.25, 0.3) is 11.0 Å². The fraction of sp³-hybridized carbons (Fsp3) is 0.467. The Balaban J connectivity index is 1.63. The summed E-state index contributed by atoms with van der Waals surface area (Å²) in [5, 5.41) is 3.50. The van der Waals surface area contributed by atoms with Crippen molar-refractivity contribution in [2.45, 2.75) is 31.7 Å². The summed E-state index contributed by atoms with van der Waals surface area (Å²) < 4.78 is 5.71. The number of para-hydroxylation sites is 2. The third-order valence-electron chi connectivity index (χ3n) is 3.68. The van der Waals surface area contributed by atoms with Gasteiger partial charge in [-0.05, 0) is 37.9 Å². The van der Waals surface area contributed by atoms with Crippen LogP contribution in [0.4, 0.5) is 5.82 Å². The summed E-state index contributed by atoms with van der Waals surface area (Å²) in [6, 6.07) is 8.22. The van der Waals surface area contributed by atoms with E-state index in [4.69, 9.17) is 10.5 Å². The average molecular weight is 272 g/mol. The molecule has 2 heterocycles. The molecule has 106 valence electrons. The molecule has 2 aromatic rings. The van der Waals surface area contributed by atoms with Crippen molar-refractivity contribution in [2.75, 3.05) is 18.9 Å². The van der Waals surface area contributed by atoms with Gasteiger partial charge in [-0.2, -0.15) is 0 Å². The molecule has 1 saturated heterocycles. The number of hydrogen-bond donors (Lipinski definition) is 2. The molecule has 5 nitrogen and oxygen atoms in total. The van der Waals surface area contributed by atoms with Crippen molar-refractivity contribution in [1.29, 1.82) is 0 Å². The van der Waals surface area contributed by atoms with E-state index in [1.54, 1.807) is 0 Å². The lowest BCUT2D eigenvalue weighted by Crippen LogP contribution is -2.35. The Hall–Kier alpha value is -1.88. The van der Waals surface area contributed by atoms with Crippen molar-refractivity contribution in [3.05, 3.63) is 24.3 Å². The minimum Gasteiger partial charge on any atom is -0.475 e. The summed E-state index contributed by atoms with van der Waals surface area (Å²) in [6.07, 6.45) is 4.78. The van der Waals surface area contributed by atoms with Crippen LogP contribution in [-0.2, 0) is 0 Å². The van der Waals surface area contributed by atoms with E-state index in [1.807, 2.05) is 24.3 Å². The molecule has 1 atom stereocenters. The molecule has 0 spiro atoms. The molecule has 0 aliphatic carbocycles. The average Bonchev–Trinajstić information content (AvgIpc) is 2.49. The first-order valence-corrected chi connectivity index (χ1v) is 7.21. The second kappa shape index (κ2) is 6.05. The number of ether oxygens (including phenoxy) is 1. The van der Waals surface area contributed by atoms with Gasteiger partial charge in [-0.3, -0.25) is 0 Å². The molecule has 0 amide bonds. The Morgan fingerprint density at radius 1 is 1.20 bits per heavy atom. The lowest BCUT2D eigenvalue weighted by molar-refractivity contribution is 0.262. The van der Waals surface area contributed by atoms with Crippen molar-refractivity contribution in [2.24, 2.45) is 0 Å². The lowest BCUT2D eigenvalue weighted by Gasteiger charge is -2.23. The Bertz CT molecular complexity index is 581. The van der Waals surface area contributed by atoms with Gasteiger partial charge in [-0.15, -0.1) is 0 Å². The Labute approximate surface area is 118 Å². The van der Waals surface area contributed by atoms with Crippen LogP contribution in [0.2, 0.25) is 0 Å². The predicted octanol–water partition coefficient (Wildman–Crippen LogP) is 2.12. The normalized spacial score (nSPS) is 19.1. The van der Waals surface area contributed by atoms with Gasteiger partial charge in [0.2, 0.25) is 0 Å². The van der Waals surface area contributed by atoms with Gasteiger partial charge < -0.3 is 15.8 Å². The molecular formula is C15H20N4O. The van der Waals surface area contributed by atoms with Crippen LogP contribution in [0.1, 0.15) is 25.7 Å². The molecular weight excluding hydrogens is 252 g/mol. The molecule has 0 radical (unpaired) electrons. The van der Waals surface area contributed by atoms with E-state index in [0.29, 0.717) is 24.3 Å². The van der Waals surface area contributed by atoms with Crippen LogP contribution >= 0.6 is 0 Å². The molecule has 20 heavy (non-hydrogen) atoms. The highest BCUT2D eigenvalue weighted by molar-refractivity contribution is 5.76. The van der Waals surface area contributed by atoms with Gasteiger partial charge in [0.25, 0.3) is 5.88 Å². The Kier molecular flexibility index (Phi) is 3.97. The summed E-state index contributed by atoms with van der Waals surface area (Å²) in [5.74, 6) is 0.805. The number of anilines is 1. The molecule has 1 unspecified atom stereocenters. The monoisotopic (exact) mass is 272 g/mol. The van der Waals surface area contributed by atoms with Crippen LogP contribution in [-0.4, -0.2) is 29.2 Å². The number of hydrogen-bond acceptors (Lipinski definition) is 5. The number of fused-ring (bicyclic) bond motifs is 1. The van der Waals surface area contributed by atoms with Crippen LogP contribution in [0, 0.1) is 0 Å². The van der Waals surface area contributed by atoms with E-state index >= 15 is 0 Å². The second-order valence-corrected chi connectivity index (χ2v) is 5.19. The van der Waals surface area contributed by atoms with Crippen LogP contribution in [0.5, 0.6) is 5.88 Å². The number of benzene rings is 1. The van der Waals surface area contributed by atoms with Crippen molar-refractivity contribution in [3.63, 3.8) is 0 Å². The zero-order valence-electron chi connectivity index (χ0n) is 11.5. The van der Waals surface area contributed by atoms with Gasteiger partial charge >= 0.3 is 0 Å². The summed E-state index contributed by atoms with van der Waals surface area (Å²) in [5.41, 5.74) is 7.50. The van der Waals surface area contributed by atoms with E-state index < -0.39 is 0 Å². The van der Waals surface area contributed by atoms with Crippen molar-refractivity contribution < 1.29 is 4.74 Å². The fourth-order valence-electron chi connectivity index (χ4n) is 2.57. The molecule has 3 N–H and O–H groups in total. The summed E-state index contributed by atoms with van der Waals surface area (Å²) in [6.45, 7) is 1.73. The van der Waals surface area contributed by atoms with E-state index in [1.165, 1.54) is 19.3 Å². The number of rotatable bonds is 4. The molecule has 0 saturated carbocycles. The molecule has 0 bridgehead atoms. The minimum absolute atomic E-state index is 0.361. The number of nitrogen functional groups attached to an aromatic ring is 1. The molecule has 1 aliphatic rings. The van der Waals surface area contributed by atoms with E-state index in [0.717, 1.165) is 24.0 Å². The Morgan fingerprint density at radius 2 is 2.00 bits per heavy atom.